The Balaban J connectivity index is 2.41. The summed E-state index contributed by atoms with van der Waals surface area (Å²) < 4.78 is 6.67. The number of benzene rings is 1. The fourth-order valence-electron chi connectivity index (χ4n) is 2.43. The fourth-order valence-corrected chi connectivity index (χ4v) is 2.43. The van der Waals surface area contributed by atoms with Gasteiger partial charge in [0.05, 0.1) is 16.6 Å². The molecule has 0 aliphatic heterocycles. The number of imidazole rings is 1. The van der Waals surface area contributed by atoms with E-state index in [4.69, 9.17) is 4.74 Å². The molecule has 0 spiro atoms. The number of aromatic nitrogens is 2. The van der Waals surface area contributed by atoms with Crippen molar-refractivity contribution >= 4 is 22.8 Å². The molecule has 1 N–H and O–H groups in total. The Hall–Kier alpha value is -3.27. The first-order chi connectivity index (χ1) is 11.0. The van der Waals surface area contributed by atoms with Gasteiger partial charge in [0.15, 0.2) is 5.75 Å². The molecule has 0 unspecified atom stereocenters. The van der Waals surface area contributed by atoms with E-state index >= 15 is 0 Å². The first-order valence-corrected chi connectivity index (χ1v) is 6.91. The average molecular weight is 310 g/mol. The molecule has 0 atom stereocenters. The lowest BCUT2D eigenvalue weighted by Crippen LogP contribution is -2.28. The molecule has 0 saturated heterocycles. The van der Waals surface area contributed by atoms with Gasteiger partial charge < -0.3 is 14.6 Å². The van der Waals surface area contributed by atoms with Crippen LogP contribution in [0, 0.1) is 18.3 Å². The molecule has 1 aromatic carbocycles. The van der Waals surface area contributed by atoms with E-state index in [9.17, 15) is 14.9 Å². The number of aromatic amines is 1. The number of carbonyl (C=O) groups excluding carboxylic acids is 1. The minimum Gasteiger partial charge on any atom is -0.408 e. The van der Waals surface area contributed by atoms with Crippen molar-refractivity contribution in [2.75, 3.05) is 14.1 Å². The van der Waals surface area contributed by atoms with Crippen LogP contribution >= 0.6 is 0 Å². The second kappa shape index (κ2) is 5.18. The van der Waals surface area contributed by atoms with Gasteiger partial charge in [0.1, 0.15) is 17.3 Å². The average Bonchev–Trinajstić information content (AvgIpc) is 2.91. The summed E-state index contributed by atoms with van der Waals surface area (Å²) in [7, 11) is 3.05. The van der Waals surface area contributed by atoms with Crippen LogP contribution in [0.1, 0.15) is 11.1 Å². The molecule has 116 valence electrons. The summed E-state index contributed by atoms with van der Waals surface area (Å²) in [5.74, 6) is -0.0113. The van der Waals surface area contributed by atoms with Gasteiger partial charge in [-0.2, -0.15) is 5.26 Å². The van der Waals surface area contributed by atoms with Crippen LogP contribution in [0.4, 0.5) is 4.79 Å². The van der Waals surface area contributed by atoms with Crippen LogP contribution < -0.4 is 10.3 Å². The lowest BCUT2D eigenvalue weighted by atomic mass is 10.2. The van der Waals surface area contributed by atoms with Gasteiger partial charge >= 0.3 is 6.09 Å². The molecule has 0 fully saturated rings. The van der Waals surface area contributed by atoms with E-state index in [1.807, 2.05) is 24.3 Å². The highest BCUT2D eigenvalue weighted by atomic mass is 16.6. The van der Waals surface area contributed by atoms with E-state index in [2.05, 4.69) is 4.98 Å². The smallest absolute Gasteiger partial charge is 0.408 e. The summed E-state index contributed by atoms with van der Waals surface area (Å²) in [6, 6.07) is 9.26. The Labute approximate surface area is 131 Å². The molecule has 23 heavy (non-hydrogen) atoms. The van der Waals surface area contributed by atoms with Gasteiger partial charge in [-0.05, 0) is 19.1 Å². The van der Waals surface area contributed by atoms with E-state index in [1.165, 1.54) is 30.3 Å². The van der Waals surface area contributed by atoms with E-state index in [0.717, 1.165) is 5.52 Å². The number of carbonyl (C=O) groups is 1. The third-order valence-corrected chi connectivity index (χ3v) is 3.62. The van der Waals surface area contributed by atoms with Gasteiger partial charge in [0.25, 0.3) is 5.56 Å². The number of H-pyrrole nitrogens is 1. The zero-order valence-electron chi connectivity index (χ0n) is 12.9. The van der Waals surface area contributed by atoms with Crippen LogP contribution in [0.5, 0.6) is 5.75 Å². The summed E-state index contributed by atoms with van der Waals surface area (Å²) in [5.41, 5.74) is 1.69. The second-order valence-corrected chi connectivity index (χ2v) is 5.33. The number of fused-ring (bicyclic) bond motifs is 3. The molecule has 0 radical (unpaired) electrons. The van der Waals surface area contributed by atoms with E-state index < -0.39 is 6.09 Å². The van der Waals surface area contributed by atoms with Crippen LogP contribution in [0.25, 0.3) is 16.7 Å². The Kier molecular flexibility index (Phi) is 3.30. The molecular formula is C16H14N4O3. The molecule has 2 heterocycles. The zero-order valence-corrected chi connectivity index (χ0v) is 12.9. The van der Waals surface area contributed by atoms with Gasteiger partial charge in [-0.3, -0.25) is 9.20 Å². The highest BCUT2D eigenvalue weighted by molar-refractivity contribution is 5.84. The van der Waals surface area contributed by atoms with E-state index in [-0.39, 0.29) is 22.4 Å². The molecule has 0 saturated carbocycles. The standard InChI is InChI=1S/C16H14N4O3/c1-9-13(23-16(22)19(2)3)10(8-17)14-18-11-6-4-5-7-12(11)20(14)15(9)21/h4-7,18H,1-3H3. The number of hydrogen-bond acceptors (Lipinski definition) is 4. The maximum Gasteiger partial charge on any atom is 0.414 e. The first kappa shape index (κ1) is 14.7. The summed E-state index contributed by atoms with van der Waals surface area (Å²) in [6.45, 7) is 1.54. The van der Waals surface area contributed by atoms with Gasteiger partial charge in [-0.25, -0.2) is 4.79 Å². The van der Waals surface area contributed by atoms with Crippen LogP contribution in [0.15, 0.2) is 29.1 Å². The fraction of sp³-hybridized carbons (Fsp3) is 0.188. The van der Waals surface area contributed by atoms with Gasteiger partial charge in [0.2, 0.25) is 0 Å². The number of nitrogens with zero attached hydrogens (tertiary/aromatic N) is 3. The summed E-state index contributed by atoms with van der Waals surface area (Å²) >= 11 is 0. The summed E-state index contributed by atoms with van der Waals surface area (Å²) in [5, 5.41) is 9.52. The van der Waals surface area contributed by atoms with Gasteiger partial charge in [-0.15, -0.1) is 0 Å². The molecule has 0 bridgehead atoms. The minimum absolute atomic E-state index is 0.0113. The van der Waals surface area contributed by atoms with Gasteiger partial charge in [0, 0.05) is 14.1 Å². The third-order valence-electron chi connectivity index (χ3n) is 3.62. The molecule has 0 aliphatic carbocycles. The van der Waals surface area contributed by atoms with Gasteiger partial charge in [-0.1, -0.05) is 12.1 Å². The van der Waals surface area contributed by atoms with Crippen LogP contribution in [0.3, 0.4) is 0 Å². The molecule has 2 aromatic heterocycles. The lowest BCUT2D eigenvalue weighted by molar-refractivity contribution is 0.171. The zero-order chi connectivity index (χ0) is 16.7. The van der Waals surface area contributed by atoms with Crippen molar-refractivity contribution in [1.29, 1.82) is 5.26 Å². The Morgan fingerprint density at radius 2 is 2.04 bits per heavy atom. The van der Waals surface area contributed by atoms with Crippen molar-refractivity contribution in [2.24, 2.45) is 0 Å². The normalized spacial score (nSPS) is 10.7. The number of nitriles is 1. The Bertz CT molecular complexity index is 1040. The van der Waals surface area contributed by atoms with Crippen LogP contribution in [-0.2, 0) is 0 Å². The van der Waals surface area contributed by atoms with Crippen molar-refractivity contribution in [3.63, 3.8) is 0 Å². The van der Waals surface area contributed by atoms with Crippen LogP contribution in [-0.4, -0.2) is 34.5 Å². The van der Waals surface area contributed by atoms with Crippen molar-refractivity contribution < 1.29 is 9.53 Å². The number of rotatable bonds is 1. The second-order valence-electron chi connectivity index (χ2n) is 5.33. The lowest BCUT2D eigenvalue weighted by Gasteiger charge is -2.13. The molecule has 0 aliphatic rings. The van der Waals surface area contributed by atoms with Crippen molar-refractivity contribution in [2.45, 2.75) is 6.92 Å². The molecule has 3 rings (SSSR count). The monoisotopic (exact) mass is 310 g/mol. The highest BCUT2D eigenvalue weighted by Gasteiger charge is 2.22. The van der Waals surface area contributed by atoms with Crippen molar-refractivity contribution in [1.82, 2.24) is 14.3 Å². The highest BCUT2D eigenvalue weighted by Crippen LogP contribution is 2.27. The number of amides is 1. The molecule has 1 amide bonds. The van der Waals surface area contributed by atoms with Crippen molar-refractivity contribution in [3.05, 3.63) is 45.7 Å². The predicted molar refractivity (Wildman–Crippen MR) is 84.7 cm³/mol. The number of para-hydroxylation sites is 2. The molecular weight excluding hydrogens is 296 g/mol. The molecule has 7 nitrogen and oxygen atoms in total. The largest absolute Gasteiger partial charge is 0.414 e. The third kappa shape index (κ3) is 2.12. The molecule has 3 aromatic rings. The SMILES string of the molecule is Cc1c(OC(=O)N(C)C)c(C#N)c2[nH]c3ccccc3n2c1=O. The molecule has 7 heteroatoms. The van der Waals surface area contributed by atoms with Crippen LogP contribution in [0.2, 0.25) is 0 Å². The summed E-state index contributed by atoms with van der Waals surface area (Å²) in [4.78, 5) is 28.8. The maximum absolute atomic E-state index is 12.7. The quantitative estimate of drug-likeness (QED) is 0.744. The number of pyridine rings is 1. The first-order valence-electron chi connectivity index (χ1n) is 6.91. The number of nitrogens with one attached hydrogen (secondary N) is 1. The Morgan fingerprint density at radius 1 is 1.35 bits per heavy atom. The maximum atomic E-state index is 12.7. The number of hydrogen-bond donors (Lipinski definition) is 1. The topological polar surface area (TPSA) is 90.6 Å². The minimum atomic E-state index is -0.649. The Morgan fingerprint density at radius 3 is 2.70 bits per heavy atom. The van der Waals surface area contributed by atoms with Crippen molar-refractivity contribution in [3.8, 4) is 11.8 Å². The van der Waals surface area contributed by atoms with E-state index in [1.54, 1.807) is 6.07 Å². The van der Waals surface area contributed by atoms with E-state index in [0.29, 0.717) is 11.2 Å². The predicted octanol–water partition coefficient (Wildman–Crippen LogP) is 2.02. The number of ether oxygens (including phenoxy) is 1. The summed E-state index contributed by atoms with van der Waals surface area (Å²) in [6.07, 6.45) is -0.649.